The molecule has 0 unspecified atom stereocenters. The second kappa shape index (κ2) is 9.51. The van der Waals surface area contributed by atoms with Crippen molar-refractivity contribution in [2.75, 3.05) is 33.9 Å². The van der Waals surface area contributed by atoms with E-state index in [0.717, 1.165) is 54.1 Å². The Bertz CT molecular complexity index is 1100. The van der Waals surface area contributed by atoms with Gasteiger partial charge in [0.2, 0.25) is 0 Å². The summed E-state index contributed by atoms with van der Waals surface area (Å²) in [6, 6.07) is 6.15. The molecule has 1 saturated heterocycles. The molecule has 1 fully saturated rings. The number of hydrogen-bond donors (Lipinski definition) is 0. The highest BCUT2D eigenvalue weighted by atomic mass is 32.2. The van der Waals surface area contributed by atoms with Crippen molar-refractivity contribution in [1.29, 1.82) is 0 Å². The zero-order valence-electron chi connectivity index (χ0n) is 18.8. The fourth-order valence-electron chi connectivity index (χ4n) is 4.58. The fourth-order valence-corrected chi connectivity index (χ4v) is 8.16. The predicted molar refractivity (Wildman–Crippen MR) is 124 cm³/mol. The van der Waals surface area contributed by atoms with Crippen LogP contribution in [0.5, 0.6) is 5.75 Å². The highest BCUT2D eigenvalue weighted by Gasteiger charge is 2.37. The normalized spacial score (nSPS) is 17.7. The van der Waals surface area contributed by atoms with E-state index in [0.29, 0.717) is 26.1 Å². The van der Waals surface area contributed by atoms with Crippen molar-refractivity contribution in [2.24, 2.45) is 0 Å². The molecule has 0 bridgehead atoms. The summed E-state index contributed by atoms with van der Waals surface area (Å²) in [4.78, 5) is 15.9. The van der Waals surface area contributed by atoms with Gasteiger partial charge in [-0.25, -0.2) is 13.2 Å². The summed E-state index contributed by atoms with van der Waals surface area (Å²) in [5.74, 6) is 0.306. The first-order chi connectivity index (χ1) is 15.3. The van der Waals surface area contributed by atoms with Gasteiger partial charge >= 0.3 is 5.97 Å². The fraction of sp³-hybridized carbons (Fsp3) is 0.522. The van der Waals surface area contributed by atoms with Gasteiger partial charge in [-0.1, -0.05) is 18.6 Å². The molecule has 2 aliphatic heterocycles. The maximum atomic E-state index is 13.4. The van der Waals surface area contributed by atoms with E-state index in [4.69, 9.17) is 9.47 Å². The first-order valence-corrected chi connectivity index (χ1v) is 13.2. The van der Waals surface area contributed by atoms with Gasteiger partial charge in [-0.15, -0.1) is 11.3 Å². The number of ether oxygens (including phenoxy) is 2. The number of carbonyl (C=O) groups is 1. The molecular weight excluding hydrogens is 448 g/mol. The standard InChI is InChI=1S/C23H30N2O5S2/c1-16-13-17(7-8-19(16)29-2)14-24-12-9-18-20(15-24)31-23(21(18)22(26)30-3)32(27,28)25-10-5-4-6-11-25/h7-8,13H,4-6,9-12,14-15H2,1-3H3. The smallest absolute Gasteiger partial charge is 0.340 e. The molecule has 0 aliphatic carbocycles. The first-order valence-electron chi connectivity index (χ1n) is 10.9. The molecule has 0 atom stereocenters. The molecule has 174 valence electrons. The molecule has 0 N–H and O–H groups in total. The lowest BCUT2D eigenvalue weighted by molar-refractivity contribution is 0.0595. The number of piperidine rings is 1. The number of benzene rings is 1. The van der Waals surface area contributed by atoms with Crippen molar-refractivity contribution >= 4 is 27.3 Å². The van der Waals surface area contributed by atoms with E-state index >= 15 is 0 Å². The molecule has 1 aromatic carbocycles. The van der Waals surface area contributed by atoms with Crippen LogP contribution in [-0.2, 0) is 34.3 Å². The molecule has 3 heterocycles. The summed E-state index contributed by atoms with van der Waals surface area (Å²) < 4.78 is 38.9. The van der Waals surface area contributed by atoms with Crippen molar-refractivity contribution < 1.29 is 22.7 Å². The molecule has 2 aliphatic rings. The van der Waals surface area contributed by atoms with Crippen LogP contribution < -0.4 is 4.74 Å². The Kier molecular flexibility index (Phi) is 6.90. The Morgan fingerprint density at radius 1 is 1.12 bits per heavy atom. The van der Waals surface area contributed by atoms with Crippen LogP contribution in [0.4, 0.5) is 0 Å². The van der Waals surface area contributed by atoms with Gasteiger partial charge in [0, 0.05) is 37.6 Å². The highest BCUT2D eigenvalue weighted by molar-refractivity contribution is 7.91. The van der Waals surface area contributed by atoms with Crippen molar-refractivity contribution in [1.82, 2.24) is 9.21 Å². The van der Waals surface area contributed by atoms with E-state index < -0.39 is 16.0 Å². The number of esters is 1. The van der Waals surface area contributed by atoms with Crippen LogP contribution in [0.1, 0.15) is 51.2 Å². The average Bonchev–Trinajstić information content (AvgIpc) is 3.19. The lowest BCUT2D eigenvalue weighted by atomic mass is 10.0. The highest BCUT2D eigenvalue weighted by Crippen LogP contribution is 2.39. The van der Waals surface area contributed by atoms with Gasteiger partial charge < -0.3 is 9.47 Å². The number of hydrogen-bond acceptors (Lipinski definition) is 7. The predicted octanol–water partition coefficient (Wildman–Crippen LogP) is 3.58. The minimum atomic E-state index is -3.71. The van der Waals surface area contributed by atoms with Crippen LogP contribution in [0.3, 0.4) is 0 Å². The van der Waals surface area contributed by atoms with E-state index in [-0.39, 0.29) is 9.77 Å². The molecule has 4 rings (SSSR count). The number of methoxy groups -OCH3 is 2. The minimum Gasteiger partial charge on any atom is -0.496 e. The van der Waals surface area contributed by atoms with Crippen molar-refractivity contribution in [3.8, 4) is 5.75 Å². The quantitative estimate of drug-likeness (QED) is 0.591. The van der Waals surface area contributed by atoms with Gasteiger partial charge in [0.15, 0.2) is 0 Å². The number of fused-ring (bicyclic) bond motifs is 1. The molecule has 0 radical (unpaired) electrons. The maximum absolute atomic E-state index is 13.4. The lowest BCUT2D eigenvalue weighted by Gasteiger charge is -2.27. The summed E-state index contributed by atoms with van der Waals surface area (Å²) >= 11 is 1.24. The van der Waals surface area contributed by atoms with Gasteiger partial charge in [0.1, 0.15) is 9.96 Å². The van der Waals surface area contributed by atoms with Gasteiger partial charge in [-0.2, -0.15) is 4.31 Å². The van der Waals surface area contributed by atoms with Crippen molar-refractivity contribution in [2.45, 2.75) is 49.9 Å². The first kappa shape index (κ1) is 23.2. The molecule has 0 spiro atoms. The van der Waals surface area contributed by atoms with E-state index in [2.05, 4.69) is 17.0 Å². The number of nitrogens with zero attached hydrogens (tertiary/aromatic N) is 2. The molecule has 7 nitrogen and oxygen atoms in total. The third-order valence-electron chi connectivity index (χ3n) is 6.25. The third kappa shape index (κ3) is 4.44. The number of thiophene rings is 1. The van der Waals surface area contributed by atoms with Gasteiger partial charge in [0.25, 0.3) is 10.0 Å². The Morgan fingerprint density at radius 3 is 2.53 bits per heavy atom. The monoisotopic (exact) mass is 478 g/mol. The second-order valence-electron chi connectivity index (χ2n) is 8.39. The molecule has 2 aromatic rings. The van der Waals surface area contributed by atoms with Gasteiger partial charge in [0.05, 0.1) is 19.8 Å². The van der Waals surface area contributed by atoms with Crippen LogP contribution in [0.15, 0.2) is 22.4 Å². The van der Waals surface area contributed by atoms with Crippen molar-refractivity contribution in [3.63, 3.8) is 0 Å². The molecule has 0 saturated carbocycles. The molecule has 9 heteroatoms. The zero-order chi connectivity index (χ0) is 22.9. The second-order valence-corrected chi connectivity index (χ2v) is 11.6. The van der Waals surface area contributed by atoms with E-state index in [1.54, 1.807) is 7.11 Å². The van der Waals surface area contributed by atoms with Gasteiger partial charge in [-0.05, 0) is 48.9 Å². The summed E-state index contributed by atoms with van der Waals surface area (Å²) in [6.07, 6.45) is 3.37. The zero-order valence-corrected chi connectivity index (χ0v) is 20.5. The molecule has 1 aromatic heterocycles. The van der Waals surface area contributed by atoms with Crippen molar-refractivity contribution in [3.05, 3.63) is 45.3 Å². The maximum Gasteiger partial charge on any atom is 0.340 e. The summed E-state index contributed by atoms with van der Waals surface area (Å²) in [5, 5.41) is 0. The number of carbonyl (C=O) groups excluding carboxylic acids is 1. The van der Waals surface area contributed by atoms with E-state index in [1.807, 2.05) is 13.0 Å². The van der Waals surface area contributed by atoms with Crippen LogP contribution in [0.25, 0.3) is 0 Å². The summed E-state index contributed by atoms with van der Waals surface area (Å²) in [6.45, 7) is 5.16. The Labute approximate surface area is 194 Å². The minimum absolute atomic E-state index is 0.151. The Balaban J connectivity index is 1.62. The van der Waals surface area contributed by atoms with E-state index in [9.17, 15) is 13.2 Å². The average molecular weight is 479 g/mol. The Hall–Kier alpha value is -1.94. The lowest BCUT2D eigenvalue weighted by Crippen LogP contribution is -2.36. The number of aryl methyl sites for hydroxylation is 1. The largest absolute Gasteiger partial charge is 0.496 e. The number of sulfonamides is 1. The summed E-state index contributed by atoms with van der Waals surface area (Å²) in [5.41, 5.74) is 3.34. The van der Waals surface area contributed by atoms with Crippen LogP contribution >= 0.6 is 11.3 Å². The van der Waals surface area contributed by atoms with Crippen LogP contribution in [0.2, 0.25) is 0 Å². The molecular formula is C23H30N2O5S2. The van der Waals surface area contributed by atoms with Gasteiger partial charge in [-0.3, -0.25) is 4.90 Å². The summed E-state index contributed by atoms with van der Waals surface area (Å²) in [7, 11) is -0.737. The SMILES string of the molecule is COC(=O)c1c(S(=O)(=O)N2CCCCC2)sc2c1CCN(Cc1ccc(OC)c(C)c1)C2. The number of rotatable bonds is 6. The third-order valence-corrected chi connectivity index (χ3v) is 9.86. The molecule has 0 amide bonds. The Morgan fingerprint density at radius 2 is 1.88 bits per heavy atom. The topological polar surface area (TPSA) is 76.2 Å². The van der Waals surface area contributed by atoms with Crippen LogP contribution in [0, 0.1) is 6.92 Å². The van der Waals surface area contributed by atoms with Crippen LogP contribution in [-0.4, -0.2) is 57.4 Å². The molecule has 32 heavy (non-hydrogen) atoms. The van der Waals surface area contributed by atoms with E-state index in [1.165, 1.54) is 28.3 Å².